The normalized spacial score (nSPS) is 13.8. The molecule has 2 aromatic carbocycles. The molecule has 1 heterocycles. The van der Waals surface area contributed by atoms with Crippen LogP contribution in [-0.4, -0.2) is 25.0 Å². The molecule has 0 amide bonds. The molecular weight excluding hydrogens is 358 g/mol. The highest BCUT2D eigenvalue weighted by atomic mass is 32.1. The van der Waals surface area contributed by atoms with Crippen LogP contribution in [0.2, 0.25) is 0 Å². The number of nitrogens with zero attached hydrogens (tertiary/aromatic N) is 3. The van der Waals surface area contributed by atoms with Gasteiger partial charge >= 0.3 is 0 Å². The number of phenols is 2. The third-order valence-corrected chi connectivity index (χ3v) is 5.56. The Balaban J connectivity index is 1.94. The average molecular weight is 382 g/mol. The van der Waals surface area contributed by atoms with Crippen LogP contribution < -0.4 is 0 Å². The van der Waals surface area contributed by atoms with E-state index < -0.39 is 0 Å². The zero-order chi connectivity index (χ0) is 19.1. The van der Waals surface area contributed by atoms with E-state index in [9.17, 15) is 10.2 Å². The van der Waals surface area contributed by atoms with Crippen molar-refractivity contribution < 1.29 is 10.2 Å². The molecule has 0 bridgehead atoms. The fourth-order valence-corrected chi connectivity index (χ4v) is 4.13. The molecule has 1 aromatic heterocycles. The Morgan fingerprint density at radius 2 is 1.81 bits per heavy atom. The number of aromatic nitrogens is 3. The van der Waals surface area contributed by atoms with Crippen molar-refractivity contribution in [3.05, 3.63) is 47.0 Å². The molecule has 5 nitrogen and oxygen atoms in total. The van der Waals surface area contributed by atoms with Crippen molar-refractivity contribution in [1.82, 2.24) is 14.8 Å². The van der Waals surface area contributed by atoms with Gasteiger partial charge in [0, 0.05) is 6.07 Å². The molecule has 0 radical (unpaired) electrons. The summed E-state index contributed by atoms with van der Waals surface area (Å²) in [6, 6.07) is 9.44. The first-order valence-corrected chi connectivity index (χ1v) is 9.74. The van der Waals surface area contributed by atoms with Crippen molar-refractivity contribution >= 4 is 12.6 Å². The van der Waals surface area contributed by atoms with Crippen LogP contribution in [0.5, 0.6) is 11.5 Å². The quantitative estimate of drug-likeness (QED) is 0.578. The van der Waals surface area contributed by atoms with Gasteiger partial charge in [0.1, 0.15) is 11.5 Å². The zero-order valence-electron chi connectivity index (χ0n) is 15.5. The molecule has 0 fully saturated rings. The Kier molecular flexibility index (Phi) is 4.60. The van der Waals surface area contributed by atoms with E-state index >= 15 is 0 Å². The van der Waals surface area contributed by atoms with E-state index in [1.165, 1.54) is 23.6 Å². The molecule has 0 spiro atoms. The number of rotatable bonds is 3. The molecule has 140 valence electrons. The zero-order valence-corrected chi connectivity index (χ0v) is 16.4. The predicted molar refractivity (Wildman–Crippen MR) is 108 cm³/mol. The van der Waals surface area contributed by atoms with Gasteiger partial charge in [-0.15, -0.1) is 22.8 Å². The smallest absolute Gasteiger partial charge is 0.193 e. The van der Waals surface area contributed by atoms with Crippen molar-refractivity contribution in [1.29, 1.82) is 0 Å². The minimum absolute atomic E-state index is 0.0244. The second-order valence-corrected chi connectivity index (χ2v) is 7.76. The van der Waals surface area contributed by atoms with Gasteiger partial charge in [-0.2, -0.15) is 0 Å². The summed E-state index contributed by atoms with van der Waals surface area (Å²) in [5, 5.41) is 29.6. The lowest BCUT2D eigenvalue weighted by atomic mass is 9.90. The minimum Gasteiger partial charge on any atom is -0.508 e. The number of benzene rings is 2. The maximum atomic E-state index is 10.5. The van der Waals surface area contributed by atoms with Crippen LogP contribution in [0.4, 0.5) is 0 Å². The van der Waals surface area contributed by atoms with Crippen molar-refractivity contribution in [2.45, 2.75) is 50.6 Å². The number of phenolic OH excluding ortho intramolecular Hbond substituents is 2. The van der Waals surface area contributed by atoms with Crippen LogP contribution in [-0.2, 0) is 12.8 Å². The van der Waals surface area contributed by atoms with Crippen LogP contribution in [0.25, 0.3) is 17.1 Å². The van der Waals surface area contributed by atoms with E-state index in [2.05, 4.69) is 35.0 Å². The first-order valence-electron chi connectivity index (χ1n) is 9.29. The topological polar surface area (TPSA) is 71.2 Å². The number of hydrogen-bond donors (Lipinski definition) is 3. The summed E-state index contributed by atoms with van der Waals surface area (Å²) >= 11 is 4.53. The molecule has 0 saturated heterocycles. The Morgan fingerprint density at radius 1 is 1.04 bits per heavy atom. The van der Waals surface area contributed by atoms with Crippen LogP contribution in [0, 0.1) is 0 Å². The van der Waals surface area contributed by atoms with Gasteiger partial charge in [-0.1, -0.05) is 26.0 Å². The SMILES string of the molecule is CC(C)c1cc(-c2nnc(S)n2-c2cccc3c2CCCC3)c(O)cc1O. The van der Waals surface area contributed by atoms with Gasteiger partial charge in [0.05, 0.1) is 11.3 Å². The van der Waals surface area contributed by atoms with Gasteiger partial charge < -0.3 is 10.2 Å². The Hall–Kier alpha value is -2.47. The van der Waals surface area contributed by atoms with Gasteiger partial charge in [0.15, 0.2) is 11.0 Å². The average Bonchev–Trinajstić information content (AvgIpc) is 3.02. The number of hydrogen-bond acceptors (Lipinski definition) is 5. The fourth-order valence-electron chi connectivity index (χ4n) is 3.88. The molecule has 0 atom stereocenters. The molecule has 0 aliphatic heterocycles. The number of thiol groups is 1. The van der Waals surface area contributed by atoms with Crippen LogP contribution in [0.3, 0.4) is 0 Å². The highest BCUT2D eigenvalue weighted by Crippen LogP contribution is 2.39. The predicted octanol–water partition coefficient (Wildman–Crippen LogP) is 4.64. The van der Waals surface area contributed by atoms with E-state index in [-0.39, 0.29) is 17.4 Å². The second-order valence-electron chi connectivity index (χ2n) is 7.36. The summed E-state index contributed by atoms with van der Waals surface area (Å²) in [6.07, 6.45) is 4.45. The van der Waals surface area contributed by atoms with Crippen molar-refractivity contribution in [2.75, 3.05) is 0 Å². The molecule has 4 rings (SSSR count). The summed E-state index contributed by atoms with van der Waals surface area (Å²) in [6.45, 7) is 4.00. The second kappa shape index (κ2) is 6.93. The Labute approximate surface area is 164 Å². The van der Waals surface area contributed by atoms with E-state index in [0.29, 0.717) is 16.5 Å². The monoisotopic (exact) mass is 381 g/mol. The van der Waals surface area contributed by atoms with Crippen LogP contribution in [0.15, 0.2) is 35.5 Å². The lowest BCUT2D eigenvalue weighted by Crippen LogP contribution is -2.09. The lowest BCUT2D eigenvalue weighted by molar-refractivity contribution is 0.444. The van der Waals surface area contributed by atoms with E-state index in [4.69, 9.17) is 0 Å². The maximum absolute atomic E-state index is 10.5. The fraction of sp³-hybridized carbons (Fsp3) is 0.333. The third-order valence-electron chi connectivity index (χ3n) is 5.27. The van der Waals surface area contributed by atoms with E-state index in [1.54, 1.807) is 6.07 Å². The van der Waals surface area contributed by atoms with Crippen molar-refractivity contribution in [3.63, 3.8) is 0 Å². The molecule has 1 aliphatic carbocycles. The molecular formula is C21H23N3O2S. The van der Waals surface area contributed by atoms with Gasteiger partial charge in [0.25, 0.3) is 0 Å². The lowest BCUT2D eigenvalue weighted by Gasteiger charge is -2.21. The standard InChI is InChI=1S/C21H23N3O2S/c1-12(2)15-10-16(19(26)11-18(15)25)20-22-23-21(27)24(20)17-9-5-7-13-6-3-4-8-14(13)17/h5,7,9-12,25-26H,3-4,6,8H2,1-2H3,(H,23,27). The van der Waals surface area contributed by atoms with Crippen molar-refractivity contribution in [3.8, 4) is 28.6 Å². The van der Waals surface area contributed by atoms with Gasteiger partial charge in [0.2, 0.25) is 0 Å². The van der Waals surface area contributed by atoms with Gasteiger partial charge in [-0.05, 0) is 60.4 Å². The summed E-state index contributed by atoms with van der Waals surface area (Å²) in [5.74, 6) is 0.697. The third kappa shape index (κ3) is 3.08. The number of fused-ring (bicyclic) bond motifs is 1. The summed E-state index contributed by atoms with van der Waals surface area (Å²) in [4.78, 5) is 0. The Morgan fingerprint density at radius 3 is 2.59 bits per heavy atom. The largest absolute Gasteiger partial charge is 0.508 e. The van der Waals surface area contributed by atoms with Gasteiger partial charge in [-0.25, -0.2) is 0 Å². The van der Waals surface area contributed by atoms with Crippen LogP contribution in [0.1, 0.15) is 49.3 Å². The van der Waals surface area contributed by atoms with E-state index in [0.717, 1.165) is 30.5 Å². The molecule has 27 heavy (non-hydrogen) atoms. The first-order chi connectivity index (χ1) is 13.0. The molecule has 0 saturated carbocycles. The Bertz CT molecular complexity index is 1010. The highest BCUT2D eigenvalue weighted by Gasteiger charge is 2.22. The molecule has 1 aliphatic rings. The summed E-state index contributed by atoms with van der Waals surface area (Å²) in [7, 11) is 0. The van der Waals surface area contributed by atoms with Crippen molar-refractivity contribution in [2.24, 2.45) is 0 Å². The van der Waals surface area contributed by atoms with Gasteiger partial charge in [-0.3, -0.25) is 4.57 Å². The summed E-state index contributed by atoms with van der Waals surface area (Å²) in [5.41, 5.74) is 4.95. The molecule has 6 heteroatoms. The molecule has 3 aromatic rings. The summed E-state index contributed by atoms with van der Waals surface area (Å²) < 4.78 is 1.89. The number of aryl methyl sites for hydroxylation is 1. The maximum Gasteiger partial charge on any atom is 0.193 e. The molecule has 2 N–H and O–H groups in total. The van der Waals surface area contributed by atoms with Crippen LogP contribution >= 0.6 is 12.6 Å². The molecule has 0 unspecified atom stereocenters. The highest BCUT2D eigenvalue weighted by molar-refractivity contribution is 7.80. The number of aromatic hydroxyl groups is 2. The minimum atomic E-state index is -0.0244. The van der Waals surface area contributed by atoms with E-state index in [1.807, 2.05) is 24.5 Å². The first kappa shape index (κ1) is 17.9.